The molecule has 0 bridgehead atoms. The first-order valence-corrected chi connectivity index (χ1v) is 9.11. The molecule has 1 aliphatic heterocycles. The number of carbonyl (C=O) groups excluding carboxylic acids is 2. The summed E-state index contributed by atoms with van der Waals surface area (Å²) < 4.78 is 5.11. The molecule has 3 aromatic heterocycles. The monoisotopic (exact) mass is 392 g/mol. The van der Waals surface area contributed by atoms with E-state index in [9.17, 15) is 14.7 Å². The van der Waals surface area contributed by atoms with Crippen molar-refractivity contribution in [2.75, 3.05) is 4.90 Å². The van der Waals surface area contributed by atoms with Crippen molar-refractivity contribution in [3.8, 4) is 0 Å². The Bertz CT molecular complexity index is 1160. The molecule has 2 N–H and O–H groups in total. The lowest BCUT2D eigenvalue weighted by atomic mass is 9.95. The zero-order chi connectivity index (χ0) is 20.9. The number of hydrogen-bond acceptors (Lipinski definition) is 6. The number of nitrogens with one attached hydrogen (secondary N) is 1. The predicted octanol–water partition coefficient (Wildman–Crippen LogP) is 3.26. The first-order chi connectivity index (χ1) is 13.8. The summed E-state index contributed by atoms with van der Waals surface area (Å²) in [6, 6.07) is 4.16. The van der Waals surface area contributed by atoms with Gasteiger partial charge in [-0.2, -0.15) is 0 Å². The van der Waals surface area contributed by atoms with Crippen LogP contribution in [0.4, 0.5) is 5.82 Å². The van der Waals surface area contributed by atoms with Crippen LogP contribution in [0.5, 0.6) is 0 Å². The van der Waals surface area contributed by atoms with Crippen LogP contribution < -0.4 is 4.90 Å². The van der Waals surface area contributed by atoms with E-state index in [1.165, 1.54) is 4.90 Å². The second-order valence-electron chi connectivity index (χ2n) is 7.13. The van der Waals surface area contributed by atoms with Gasteiger partial charge in [-0.05, 0) is 44.9 Å². The summed E-state index contributed by atoms with van der Waals surface area (Å²) in [7, 11) is 0. The molecule has 148 valence electrons. The third kappa shape index (κ3) is 2.84. The van der Waals surface area contributed by atoms with E-state index in [4.69, 9.17) is 4.52 Å². The van der Waals surface area contributed by atoms with E-state index < -0.39 is 17.7 Å². The number of aromatic amines is 1. The molecule has 0 aliphatic carbocycles. The van der Waals surface area contributed by atoms with E-state index in [2.05, 4.69) is 15.1 Å². The van der Waals surface area contributed by atoms with Gasteiger partial charge in [-0.3, -0.25) is 19.5 Å². The molecule has 1 fully saturated rings. The van der Waals surface area contributed by atoms with Crippen LogP contribution in [0, 0.1) is 27.7 Å². The van der Waals surface area contributed by atoms with Crippen molar-refractivity contribution in [2.45, 2.75) is 33.7 Å². The van der Waals surface area contributed by atoms with E-state index in [0.717, 1.165) is 11.3 Å². The standard InChI is InChI=1S/C21H20N4O4/c1-10-8-15(24-29-10)25-18(14-6-5-7-22-9-14)17(20(27)21(25)28)19(26)16-11(2)12(3)23-13(16)4/h5-9,18,23,26H,1-4H3/b19-17+. The van der Waals surface area contributed by atoms with E-state index >= 15 is 0 Å². The number of anilines is 1. The smallest absolute Gasteiger partial charge is 0.301 e. The van der Waals surface area contributed by atoms with Gasteiger partial charge in [0.1, 0.15) is 11.5 Å². The largest absolute Gasteiger partial charge is 0.507 e. The van der Waals surface area contributed by atoms with E-state index in [0.29, 0.717) is 22.6 Å². The van der Waals surface area contributed by atoms with Crippen LogP contribution in [0.1, 0.15) is 39.9 Å². The van der Waals surface area contributed by atoms with E-state index in [1.807, 2.05) is 20.8 Å². The number of aliphatic hydroxyl groups is 1. The normalized spacial score (nSPS) is 18.6. The van der Waals surface area contributed by atoms with E-state index in [1.54, 1.807) is 37.5 Å². The molecular weight excluding hydrogens is 372 g/mol. The summed E-state index contributed by atoms with van der Waals surface area (Å²) in [6.45, 7) is 7.24. The molecule has 1 unspecified atom stereocenters. The average Bonchev–Trinajstić information content (AvgIpc) is 3.31. The van der Waals surface area contributed by atoms with Gasteiger partial charge in [-0.15, -0.1) is 0 Å². The molecule has 0 radical (unpaired) electrons. The summed E-state index contributed by atoms with van der Waals surface area (Å²) in [5.74, 6) is -1.08. The molecular formula is C21H20N4O4. The molecule has 29 heavy (non-hydrogen) atoms. The Labute approximate surface area is 166 Å². The fourth-order valence-electron chi connectivity index (χ4n) is 3.78. The minimum Gasteiger partial charge on any atom is -0.507 e. The van der Waals surface area contributed by atoms with Crippen LogP contribution in [0.15, 0.2) is 40.7 Å². The van der Waals surface area contributed by atoms with Crippen molar-refractivity contribution in [1.82, 2.24) is 15.1 Å². The van der Waals surface area contributed by atoms with Crippen molar-refractivity contribution in [3.05, 3.63) is 70.0 Å². The van der Waals surface area contributed by atoms with Gasteiger partial charge in [0.15, 0.2) is 5.82 Å². The van der Waals surface area contributed by atoms with Gasteiger partial charge >= 0.3 is 5.91 Å². The van der Waals surface area contributed by atoms with Crippen molar-refractivity contribution in [1.29, 1.82) is 0 Å². The third-order valence-electron chi connectivity index (χ3n) is 5.23. The number of pyridine rings is 1. The molecule has 1 amide bonds. The number of hydrogen-bond donors (Lipinski definition) is 2. The summed E-state index contributed by atoms with van der Waals surface area (Å²) >= 11 is 0. The van der Waals surface area contributed by atoms with Gasteiger partial charge in [0, 0.05) is 35.4 Å². The van der Waals surface area contributed by atoms with Gasteiger partial charge in [0.2, 0.25) is 0 Å². The minimum atomic E-state index is -0.873. The SMILES string of the molecule is Cc1cc(N2C(=O)C(=O)/C(=C(/O)c3c(C)[nH]c(C)c3C)C2c2cccnc2)no1. The maximum Gasteiger partial charge on any atom is 0.301 e. The van der Waals surface area contributed by atoms with Crippen LogP contribution in [0.25, 0.3) is 5.76 Å². The number of H-pyrrole nitrogens is 1. The Balaban J connectivity index is 1.99. The minimum absolute atomic E-state index is 0.00569. The molecule has 0 aromatic carbocycles. The lowest BCUT2D eigenvalue weighted by molar-refractivity contribution is -0.132. The highest BCUT2D eigenvalue weighted by Gasteiger charge is 2.48. The molecule has 8 nitrogen and oxygen atoms in total. The van der Waals surface area contributed by atoms with Crippen LogP contribution in [-0.4, -0.2) is 31.9 Å². The Morgan fingerprint density at radius 2 is 1.97 bits per heavy atom. The van der Waals surface area contributed by atoms with Crippen LogP contribution in [0.2, 0.25) is 0 Å². The molecule has 0 saturated carbocycles. The van der Waals surface area contributed by atoms with Crippen molar-refractivity contribution in [3.63, 3.8) is 0 Å². The zero-order valence-corrected chi connectivity index (χ0v) is 16.5. The fourth-order valence-corrected chi connectivity index (χ4v) is 3.78. The molecule has 4 rings (SSSR count). The van der Waals surface area contributed by atoms with Crippen molar-refractivity contribution in [2.24, 2.45) is 0 Å². The summed E-state index contributed by atoms with van der Waals surface area (Å²) in [5.41, 5.74) is 3.50. The van der Waals surface area contributed by atoms with Crippen molar-refractivity contribution < 1.29 is 19.2 Å². The summed E-state index contributed by atoms with van der Waals surface area (Å²) in [4.78, 5) is 34.5. The number of aryl methyl sites for hydroxylation is 3. The Hall–Kier alpha value is -3.68. The highest BCUT2D eigenvalue weighted by atomic mass is 16.5. The molecule has 8 heteroatoms. The number of ketones is 1. The molecule has 3 aromatic rings. The van der Waals surface area contributed by atoms with E-state index in [-0.39, 0.29) is 17.2 Å². The summed E-state index contributed by atoms with van der Waals surface area (Å²) in [5, 5.41) is 15.1. The Morgan fingerprint density at radius 1 is 1.21 bits per heavy atom. The first kappa shape index (κ1) is 18.7. The average molecular weight is 392 g/mol. The summed E-state index contributed by atoms with van der Waals surface area (Å²) in [6.07, 6.45) is 3.16. The third-order valence-corrected chi connectivity index (χ3v) is 5.23. The van der Waals surface area contributed by atoms with Crippen LogP contribution in [0.3, 0.4) is 0 Å². The second-order valence-corrected chi connectivity index (χ2v) is 7.13. The fraction of sp³-hybridized carbons (Fsp3) is 0.238. The first-order valence-electron chi connectivity index (χ1n) is 9.11. The van der Waals surface area contributed by atoms with Gasteiger partial charge in [-0.25, -0.2) is 0 Å². The molecule has 4 heterocycles. The number of aromatic nitrogens is 3. The Kier molecular flexibility index (Phi) is 4.34. The number of nitrogens with zero attached hydrogens (tertiary/aromatic N) is 3. The molecule has 1 aliphatic rings. The lowest BCUT2D eigenvalue weighted by Gasteiger charge is -2.22. The number of carbonyl (C=O) groups is 2. The lowest BCUT2D eigenvalue weighted by Crippen LogP contribution is -2.29. The highest BCUT2D eigenvalue weighted by molar-refractivity contribution is 6.51. The molecule has 1 atom stereocenters. The highest BCUT2D eigenvalue weighted by Crippen LogP contribution is 2.42. The number of aliphatic hydroxyl groups excluding tert-OH is 1. The molecule has 1 saturated heterocycles. The number of amides is 1. The predicted molar refractivity (Wildman–Crippen MR) is 105 cm³/mol. The van der Waals surface area contributed by atoms with Gasteiger partial charge in [0.05, 0.1) is 11.6 Å². The zero-order valence-electron chi connectivity index (χ0n) is 16.5. The van der Waals surface area contributed by atoms with Crippen molar-refractivity contribution >= 4 is 23.3 Å². The number of rotatable bonds is 3. The quantitative estimate of drug-likeness (QED) is 0.402. The number of Topliss-reactive ketones (excluding diaryl/α,β-unsaturated/α-hetero) is 1. The van der Waals surface area contributed by atoms with Gasteiger partial charge in [0.25, 0.3) is 5.78 Å². The maximum atomic E-state index is 13.0. The maximum absolute atomic E-state index is 13.0. The molecule has 0 spiro atoms. The van der Waals surface area contributed by atoms with Gasteiger partial charge in [-0.1, -0.05) is 11.2 Å². The Morgan fingerprint density at radius 3 is 2.52 bits per heavy atom. The topological polar surface area (TPSA) is 112 Å². The van der Waals surface area contributed by atoms with Crippen LogP contribution >= 0.6 is 0 Å². The van der Waals surface area contributed by atoms with Gasteiger partial charge < -0.3 is 14.6 Å². The van der Waals surface area contributed by atoms with Crippen LogP contribution in [-0.2, 0) is 9.59 Å². The second kappa shape index (κ2) is 6.73.